The Morgan fingerprint density at radius 3 is 2.86 bits per heavy atom. The van der Waals surface area contributed by atoms with Crippen molar-refractivity contribution in [3.8, 4) is 11.3 Å². The second-order valence-corrected chi connectivity index (χ2v) is 3.15. The fourth-order valence-electron chi connectivity index (χ4n) is 1.42. The van der Waals surface area contributed by atoms with Crippen LogP contribution in [0.4, 0.5) is 0 Å². The first-order chi connectivity index (χ1) is 6.83. The van der Waals surface area contributed by atoms with Gasteiger partial charge in [0.05, 0.1) is 12.8 Å². The van der Waals surface area contributed by atoms with Crippen molar-refractivity contribution in [3.05, 3.63) is 41.6 Å². The monoisotopic (exact) mass is 189 g/mol. The summed E-state index contributed by atoms with van der Waals surface area (Å²) < 4.78 is 5.11. The van der Waals surface area contributed by atoms with Gasteiger partial charge in [0.15, 0.2) is 5.76 Å². The molecule has 0 bridgehead atoms. The van der Waals surface area contributed by atoms with Gasteiger partial charge in [-0.05, 0) is 12.5 Å². The molecule has 0 aliphatic carbocycles. The van der Waals surface area contributed by atoms with Crippen LogP contribution < -0.4 is 0 Å². The van der Waals surface area contributed by atoms with E-state index in [2.05, 4.69) is 5.16 Å². The van der Waals surface area contributed by atoms with Crippen molar-refractivity contribution in [1.29, 1.82) is 0 Å². The highest BCUT2D eigenvalue weighted by atomic mass is 16.5. The molecule has 14 heavy (non-hydrogen) atoms. The average Bonchev–Trinajstić information content (AvgIpc) is 2.66. The van der Waals surface area contributed by atoms with Gasteiger partial charge >= 0.3 is 0 Å². The van der Waals surface area contributed by atoms with Crippen molar-refractivity contribution in [1.82, 2.24) is 5.16 Å². The van der Waals surface area contributed by atoms with E-state index in [1.165, 1.54) is 0 Å². The van der Waals surface area contributed by atoms with Crippen molar-refractivity contribution in [2.75, 3.05) is 0 Å². The molecule has 0 unspecified atom stereocenters. The molecular formula is C11H11NO2. The van der Waals surface area contributed by atoms with Crippen LogP contribution in [-0.2, 0) is 6.61 Å². The van der Waals surface area contributed by atoms with Crippen LogP contribution in [0.3, 0.4) is 0 Å². The molecule has 0 fully saturated rings. The minimum absolute atomic E-state index is 0.0484. The first-order valence-corrected chi connectivity index (χ1v) is 4.43. The molecule has 0 saturated heterocycles. The molecular weight excluding hydrogens is 178 g/mol. The summed E-state index contributed by atoms with van der Waals surface area (Å²) in [5, 5.41) is 12.7. The fourth-order valence-corrected chi connectivity index (χ4v) is 1.42. The Hall–Kier alpha value is -1.61. The van der Waals surface area contributed by atoms with E-state index in [1.807, 2.05) is 31.2 Å². The van der Waals surface area contributed by atoms with Crippen LogP contribution in [0.15, 0.2) is 35.0 Å². The van der Waals surface area contributed by atoms with Crippen LogP contribution in [0.25, 0.3) is 11.3 Å². The number of aryl methyl sites for hydroxylation is 1. The standard InChI is InChI=1S/C11H11NO2/c1-8-4-2-3-5-10(8)11-9(7-13)6-12-14-11/h2-6,13H,7H2,1H3. The predicted molar refractivity (Wildman–Crippen MR) is 52.6 cm³/mol. The number of aliphatic hydroxyl groups is 1. The van der Waals surface area contributed by atoms with E-state index in [0.29, 0.717) is 5.76 Å². The molecule has 0 amide bonds. The molecule has 0 saturated carbocycles. The summed E-state index contributed by atoms with van der Waals surface area (Å²) in [6, 6.07) is 7.86. The van der Waals surface area contributed by atoms with Crippen LogP contribution >= 0.6 is 0 Å². The summed E-state index contributed by atoms with van der Waals surface area (Å²) >= 11 is 0. The Morgan fingerprint density at radius 2 is 2.14 bits per heavy atom. The zero-order valence-corrected chi connectivity index (χ0v) is 7.90. The topological polar surface area (TPSA) is 46.3 Å². The summed E-state index contributed by atoms with van der Waals surface area (Å²) in [5.74, 6) is 0.658. The molecule has 1 N–H and O–H groups in total. The van der Waals surface area contributed by atoms with E-state index in [-0.39, 0.29) is 6.61 Å². The maximum absolute atomic E-state index is 9.06. The van der Waals surface area contributed by atoms with Gasteiger partial charge in [0, 0.05) is 11.1 Å². The summed E-state index contributed by atoms with van der Waals surface area (Å²) in [6.45, 7) is 1.95. The maximum atomic E-state index is 9.06. The lowest BCUT2D eigenvalue weighted by atomic mass is 10.0. The summed E-state index contributed by atoms with van der Waals surface area (Å²) in [5.41, 5.74) is 2.81. The van der Waals surface area contributed by atoms with E-state index < -0.39 is 0 Å². The zero-order chi connectivity index (χ0) is 9.97. The van der Waals surface area contributed by atoms with Crippen LogP contribution in [-0.4, -0.2) is 10.3 Å². The van der Waals surface area contributed by atoms with Gasteiger partial charge in [-0.15, -0.1) is 0 Å². The quantitative estimate of drug-likeness (QED) is 0.787. The molecule has 2 aromatic rings. The molecule has 1 heterocycles. The molecule has 3 heteroatoms. The number of hydrogen-bond donors (Lipinski definition) is 1. The Morgan fingerprint density at radius 1 is 1.36 bits per heavy atom. The van der Waals surface area contributed by atoms with E-state index >= 15 is 0 Å². The smallest absolute Gasteiger partial charge is 0.172 e. The molecule has 0 atom stereocenters. The van der Waals surface area contributed by atoms with Crippen molar-refractivity contribution in [2.45, 2.75) is 13.5 Å². The highest BCUT2D eigenvalue weighted by Gasteiger charge is 2.10. The van der Waals surface area contributed by atoms with Gasteiger partial charge < -0.3 is 9.63 Å². The maximum Gasteiger partial charge on any atom is 0.172 e. The second-order valence-electron chi connectivity index (χ2n) is 3.15. The molecule has 0 spiro atoms. The third-order valence-electron chi connectivity index (χ3n) is 2.20. The molecule has 72 valence electrons. The van der Waals surface area contributed by atoms with Gasteiger partial charge in [-0.3, -0.25) is 0 Å². The molecule has 3 nitrogen and oxygen atoms in total. The molecule has 2 rings (SSSR count). The normalized spacial score (nSPS) is 10.4. The summed E-state index contributed by atoms with van der Waals surface area (Å²) in [6.07, 6.45) is 1.54. The van der Waals surface area contributed by atoms with Crippen LogP contribution in [0.5, 0.6) is 0 Å². The van der Waals surface area contributed by atoms with Crippen molar-refractivity contribution >= 4 is 0 Å². The largest absolute Gasteiger partial charge is 0.391 e. The van der Waals surface area contributed by atoms with E-state index in [4.69, 9.17) is 9.63 Å². The molecule has 0 aliphatic heterocycles. The van der Waals surface area contributed by atoms with E-state index in [0.717, 1.165) is 16.7 Å². The van der Waals surface area contributed by atoms with Crippen LogP contribution in [0, 0.1) is 6.92 Å². The van der Waals surface area contributed by atoms with Crippen LogP contribution in [0.1, 0.15) is 11.1 Å². The van der Waals surface area contributed by atoms with E-state index in [1.54, 1.807) is 6.20 Å². The SMILES string of the molecule is Cc1ccccc1-c1oncc1CO. The number of rotatable bonds is 2. The van der Waals surface area contributed by atoms with Gasteiger partial charge in [-0.25, -0.2) is 0 Å². The van der Waals surface area contributed by atoms with Gasteiger partial charge in [0.2, 0.25) is 0 Å². The lowest BCUT2D eigenvalue weighted by Crippen LogP contribution is -1.86. The Bertz CT molecular complexity index is 434. The first kappa shape index (κ1) is 8.97. The molecule has 1 aromatic heterocycles. The van der Waals surface area contributed by atoms with Crippen molar-refractivity contribution in [3.63, 3.8) is 0 Å². The lowest BCUT2D eigenvalue weighted by Gasteiger charge is -2.01. The first-order valence-electron chi connectivity index (χ1n) is 4.43. The number of aromatic nitrogens is 1. The third-order valence-corrected chi connectivity index (χ3v) is 2.20. The number of hydrogen-bond acceptors (Lipinski definition) is 3. The minimum atomic E-state index is -0.0484. The Kier molecular flexibility index (Phi) is 2.33. The minimum Gasteiger partial charge on any atom is -0.391 e. The highest BCUT2D eigenvalue weighted by Crippen LogP contribution is 2.26. The summed E-state index contributed by atoms with van der Waals surface area (Å²) in [4.78, 5) is 0. The number of aliphatic hydroxyl groups excluding tert-OH is 1. The Balaban J connectivity index is 2.54. The second kappa shape index (κ2) is 3.64. The highest BCUT2D eigenvalue weighted by molar-refractivity contribution is 5.64. The predicted octanol–water partition coefficient (Wildman–Crippen LogP) is 2.14. The van der Waals surface area contributed by atoms with Gasteiger partial charge in [0.25, 0.3) is 0 Å². The van der Waals surface area contributed by atoms with Gasteiger partial charge in [0.1, 0.15) is 0 Å². The van der Waals surface area contributed by atoms with Crippen molar-refractivity contribution < 1.29 is 9.63 Å². The Labute approximate surface area is 82.0 Å². The average molecular weight is 189 g/mol. The lowest BCUT2D eigenvalue weighted by molar-refractivity contribution is 0.281. The van der Waals surface area contributed by atoms with E-state index in [9.17, 15) is 0 Å². The van der Waals surface area contributed by atoms with Crippen molar-refractivity contribution in [2.24, 2.45) is 0 Å². The third kappa shape index (κ3) is 1.42. The van der Waals surface area contributed by atoms with Crippen LogP contribution in [0.2, 0.25) is 0 Å². The fraction of sp³-hybridized carbons (Fsp3) is 0.182. The summed E-state index contributed by atoms with van der Waals surface area (Å²) in [7, 11) is 0. The number of nitrogens with zero attached hydrogens (tertiary/aromatic N) is 1. The van der Waals surface area contributed by atoms with Gasteiger partial charge in [-0.1, -0.05) is 29.4 Å². The number of benzene rings is 1. The molecule has 1 aromatic carbocycles. The van der Waals surface area contributed by atoms with Gasteiger partial charge in [-0.2, -0.15) is 0 Å². The molecule has 0 aliphatic rings. The zero-order valence-electron chi connectivity index (χ0n) is 7.90. The molecule has 0 radical (unpaired) electrons.